The molecule has 2 aromatic carbocycles. The molecule has 3 aromatic rings. The second-order valence-electron chi connectivity index (χ2n) is 7.81. The summed E-state index contributed by atoms with van der Waals surface area (Å²) in [6, 6.07) is 10.1. The molecule has 174 valence electrons. The molecule has 0 unspecified atom stereocenters. The predicted octanol–water partition coefficient (Wildman–Crippen LogP) is 5.13. The molecule has 1 heterocycles. The minimum absolute atomic E-state index is 0.107. The van der Waals surface area contributed by atoms with Crippen molar-refractivity contribution in [3.8, 4) is 23.0 Å². The third-order valence-corrected chi connectivity index (χ3v) is 5.28. The summed E-state index contributed by atoms with van der Waals surface area (Å²) in [4.78, 5) is 16.7. The molecule has 1 N–H and O–H groups in total. The summed E-state index contributed by atoms with van der Waals surface area (Å²) in [6.07, 6.45) is -0.508. The Labute approximate surface area is 188 Å². The van der Waals surface area contributed by atoms with Gasteiger partial charge in [0.25, 0.3) is 5.91 Å². The van der Waals surface area contributed by atoms with E-state index >= 15 is 0 Å². The van der Waals surface area contributed by atoms with E-state index in [1.807, 2.05) is 0 Å². The molecule has 6 nitrogen and oxygen atoms in total. The van der Waals surface area contributed by atoms with Crippen molar-refractivity contribution < 1.29 is 31.9 Å². The molecular weight excluding hydrogens is 437 g/mol. The number of hydrogen-bond donors (Lipinski definition) is 1. The normalized spacial score (nSPS) is 13.6. The number of methoxy groups -OCH3 is 1. The molecule has 0 spiro atoms. The van der Waals surface area contributed by atoms with Crippen LogP contribution in [0.5, 0.6) is 11.5 Å². The Bertz CT molecular complexity index is 1120. The quantitative estimate of drug-likeness (QED) is 0.479. The van der Waals surface area contributed by atoms with Crippen LogP contribution in [0, 0.1) is 5.92 Å². The highest BCUT2D eigenvalue weighted by Gasteiger charge is 2.34. The lowest BCUT2D eigenvalue weighted by Gasteiger charge is -2.12. The summed E-state index contributed by atoms with van der Waals surface area (Å²) in [5, 5.41) is 2.51. The number of rotatable bonds is 9. The van der Waals surface area contributed by atoms with Gasteiger partial charge in [0.05, 0.1) is 30.5 Å². The van der Waals surface area contributed by atoms with Crippen LogP contribution in [0.4, 0.5) is 13.2 Å². The van der Waals surface area contributed by atoms with E-state index in [4.69, 9.17) is 13.9 Å². The average molecular weight is 460 g/mol. The number of ether oxygens (including phenoxy) is 2. The molecule has 9 heteroatoms. The van der Waals surface area contributed by atoms with Gasteiger partial charge in [0.1, 0.15) is 6.26 Å². The van der Waals surface area contributed by atoms with Crippen LogP contribution in [0.15, 0.2) is 53.1 Å². The van der Waals surface area contributed by atoms with E-state index in [0.29, 0.717) is 47.6 Å². The third kappa shape index (κ3) is 5.66. The van der Waals surface area contributed by atoms with Crippen molar-refractivity contribution in [3.63, 3.8) is 0 Å². The van der Waals surface area contributed by atoms with Crippen molar-refractivity contribution in [3.05, 3.63) is 65.5 Å². The molecular formula is C24H23F3N2O4. The van der Waals surface area contributed by atoms with Crippen molar-refractivity contribution in [2.24, 2.45) is 5.92 Å². The lowest BCUT2D eigenvalue weighted by atomic mass is 10.1. The number of alkyl halides is 3. The van der Waals surface area contributed by atoms with E-state index in [2.05, 4.69) is 10.3 Å². The largest absolute Gasteiger partial charge is 0.493 e. The van der Waals surface area contributed by atoms with Gasteiger partial charge < -0.3 is 19.2 Å². The summed E-state index contributed by atoms with van der Waals surface area (Å²) in [5.74, 6) is 1.40. The van der Waals surface area contributed by atoms with Crippen molar-refractivity contribution in [1.29, 1.82) is 0 Å². The van der Waals surface area contributed by atoms with Gasteiger partial charge in [0, 0.05) is 18.5 Å². The fourth-order valence-electron chi connectivity index (χ4n) is 3.30. The monoisotopic (exact) mass is 460 g/mol. The smallest absolute Gasteiger partial charge is 0.417 e. The highest BCUT2D eigenvalue weighted by atomic mass is 19.4. The molecule has 1 aliphatic carbocycles. The minimum Gasteiger partial charge on any atom is -0.493 e. The Hall–Kier alpha value is -3.49. The van der Waals surface area contributed by atoms with Gasteiger partial charge in [-0.05, 0) is 49.1 Å². The second-order valence-corrected chi connectivity index (χ2v) is 7.81. The number of oxazole rings is 1. The highest BCUT2D eigenvalue weighted by molar-refractivity contribution is 5.95. The molecule has 0 bridgehead atoms. The Morgan fingerprint density at radius 1 is 1.18 bits per heavy atom. The second kappa shape index (κ2) is 9.56. The first-order valence-corrected chi connectivity index (χ1v) is 10.5. The van der Waals surface area contributed by atoms with Crippen molar-refractivity contribution >= 4 is 5.91 Å². The molecule has 0 aliphatic heterocycles. The number of hydrogen-bond acceptors (Lipinski definition) is 5. The lowest BCUT2D eigenvalue weighted by molar-refractivity contribution is -0.137. The maximum atomic E-state index is 13.1. The van der Waals surface area contributed by atoms with E-state index in [1.54, 1.807) is 25.3 Å². The van der Waals surface area contributed by atoms with Crippen molar-refractivity contribution in [2.45, 2.75) is 25.4 Å². The zero-order valence-electron chi connectivity index (χ0n) is 17.9. The molecule has 1 amide bonds. The van der Waals surface area contributed by atoms with Crippen molar-refractivity contribution in [2.75, 3.05) is 20.3 Å². The molecule has 1 aromatic heterocycles. The number of aromatic nitrogens is 1. The van der Waals surface area contributed by atoms with E-state index < -0.39 is 23.2 Å². The first kappa shape index (κ1) is 22.7. The molecule has 4 rings (SSSR count). The number of carbonyl (C=O) groups is 1. The number of carbonyl (C=O) groups excluding carboxylic acids is 1. The van der Waals surface area contributed by atoms with Crippen LogP contribution < -0.4 is 14.8 Å². The summed E-state index contributed by atoms with van der Waals surface area (Å²) in [5.41, 5.74) is -0.116. The Balaban J connectivity index is 1.38. The molecule has 1 fully saturated rings. The number of halogens is 3. The molecule has 0 radical (unpaired) electrons. The van der Waals surface area contributed by atoms with Crippen LogP contribution in [-0.2, 0) is 12.6 Å². The highest BCUT2D eigenvalue weighted by Crippen LogP contribution is 2.35. The minimum atomic E-state index is -4.60. The third-order valence-electron chi connectivity index (χ3n) is 5.28. The number of amides is 1. The lowest BCUT2D eigenvalue weighted by Crippen LogP contribution is -2.28. The van der Waals surface area contributed by atoms with Gasteiger partial charge in [-0.25, -0.2) is 4.98 Å². The Morgan fingerprint density at radius 3 is 2.70 bits per heavy atom. The van der Waals surface area contributed by atoms with Crippen LogP contribution in [0.2, 0.25) is 0 Å². The Morgan fingerprint density at radius 2 is 1.97 bits per heavy atom. The fourth-order valence-corrected chi connectivity index (χ4v) is 3.30. The summed E-state index contributed by atoms with van der Waals surface area (Å²) < 4.78 is 56.1. The first-order chi connectivity index (χ1) is 15.8. The summed E-state index contributed by atoms with van der Waals surface area (Å²) in [6.45, 7) is 0.739. The topological polar surface area (TPSA) is 73.6 Å². The predicted molar refractivity (Wildman–Crippen MR) is 114 cm³/mol. The van der Waals surface area contributed by atoms with Gasteiger partial charge in [-0.15, -0.1) is 0 Å². The zero-order valence-corrected chi connectivity index (χ0v) is 17.9. The standard InChI is InChI=1S/C24H23F3N2O4/c1-31-20-9-8-16(12-21(20)32-13-15-6-7-15)23-29-17(14-33-23)10-11-28-22(30)18-4-2-3-5-19(18)24(25,26)27/h2-5,8-9,12,14-15H,6-7,10-11,13H2,1H3,(H,28,30). The maximum Gasteiger partial charge on any atom is 0.417 e. The average Bonchev–Trinajstić information content (AvgIpc) is 3.52. The van der Waals surface area contributed by atoms with Gasteiger partial charge in [-0.2, -0.15) is 13.2 Å². The van der Waals surface area contributed by atoms with Gasteiger partial charge in [0.2, 0.25) is 5.89 Å². The summed E-state index contributed by atoms with van der Waals surface area (Å²) in [7, 11) is 1.57. The molecule has 1 saturated carbocycles. The number of nitrogens with one attached hydrogen (secondary N) is 1. The van der Waals surface area contributed by atoms with E-state index in [-0.39, 0.29) is 6.54 Å². The van der Waals surface area contributed by atoms with E-state index in [1.165, 1.54) is 31.2 Å². The van der Waals surface area contributed by atoms with E-state index in [9.17, 15) is 18.0 Å². The maximum absolute atomic E-state index is 13.1. The van der Waals surface area contributed by atoms with Crippen LogP contribution in [-0.4, -0.2) is 31.2 Å². The van der Waals surface area contributed by atoms with E-state index in [0.717, 1.165) is 12.1 Å². The molecule has 33 heavy (non-hydrogen) atoms. The summed E-state index contributed by atoms with van der Waals surface area (Å²) >= 11 is 0. The molecule has 1 aliphatic rings. The molecule has 0 saturated heterocycles. The van der Waals surface area contributed by atoms with Crippen LogP contribution in [0.3, 0.4) is 0 Å². The SMILES string of the molecule is COc1ccc(-c2nc(CCNC(=O)c3ccccc3C(F)(F)F)co2)cc1OCC1CC1. The van der Waals surface area contributed by atoms with Crippen LogP contribution >= 0.6 is 0 Å². The number of benzene rings is 2. The fraction of sp³-hybridized carbons (Fsp3) is 0.333. The number of nitrogens with zero attached hydrogens (tertiary/aromatic N) is 1. The van der Waals surface area contributed by atoms with Crippen LogP contribution in [0.25, 0.3) is 11.5 Å². The van der Waals surface area contributed by atoms with Gasteiger partial charge >= 0.3 is 6.18 Å². The first-order valence-electron chi connectivity index (χ1n) is 10.5. The van der Waals surface area contributed by atoms with Gasteiger partial charge in [-0.3, -0.25) is 4.79 Å². The van der Waals surface area contributed by atoms with Crippen molar-refractivity contribution in [1.82, 2.24) is 10.3 Å². The Kier molecular flexibility index (Phi) is 6.57. The zero-order chi connectivity index (χ0) is 23.4. The van der Waals surface area contributed by atoms with Crippen LogP contribution in [0.1, 0.15) is 34.5 Å². The van der Waals surface area contributed by atoms with Gasteiger partial charge in [-0.1, -0.05) is 12.1 Å². The van der Waals surface area contributed by atoms with Gasteiger partial charge in [0.15, 0.2) is 11.5 Å². The molecule has 0 atom stereocenters.